The Kier molecular flexibility index (Phi) is 4.48. The first-order valence-electron chi connectivity index (χ1n) is 9.25. The number of nitrogens with zero attached hydrogens (tertiary/aromatic N) is 2. The SMILES string of the molecule is CN(c1ccc(S(=O)(=O)N(C)C)cc1-c1cc2ccccc2[nH]1)C1CCC1. The zero-order chi connectivity index (χ0) is 19.2. The molecule has 1 aromatic heterocycles. The fourth-order valence-electron chi connectivity index (χ4n) is 3.60. The highest BCUT2D eigenvalue weighted by Gasteiger charge is 2.26. The molecular weight excluding hydrogens is 358 g/mol. The summed E-state index contributed by atoms with van der Waals surface area (Å²) in [4.78, 5) is 6.05. The second-order valence-corrected chi connectivity index (χ2v) is 9.58. The van der Waals surface area contributed by atoms with Gasteiger partial charge in [-0.3, -0.25) is 0 Å². The molecule has 1 aliphatic rings. The molecule has 0 amide bonds. The highest BCUT2D eigenvalue weighted by Crippen LogP contribution is 2.37. The number of anilines is 1. The number of hydrogen-bond donors (Lipinski definition) is 1. The first kappa shape index (κ1) is 18.1. The molecule has 6 heteroatoms. The number of nitrogens with one attached hydrogen (secondary N) is 1. The van der Waals surface area contributed by atoms with Gasteiger partial charge in [0.15, 0.2) is 0 Å². The Bertz CT molecular complexity index is 1050. The van der Waals surface area contributed by atoms with Crippen molar-refractivity contribution in [1.29, 1.82) is 0 Å². The number of fused-ring (bicyclic) bond motifs is 1. The van der Waals surface area contributed by atoms with E-state index >= 15 is 0 Å². The zero-order valence-corrected chi connectivity index (χ0v) is 16.8. The summed E-state index contributed by atoms with van der Waals surface area (Å²) >= 11 is 0. The molecule has 5 nitrogen and oxygen atoms in total. The quantitative estimate of drug-likeness (QED) is 0.722. The summed E-state index contributed by atoms with van der Waals surface area (Å²) in [6.07, 6.45) is 3.62. The molecule has 0 atom stereocenters. The van der Waals surface area contributed by atoms with Crippen LogP contribution >= 0.6 is 0 Å². The van der Waals surface area contributed by atoms with E-state index in [0.29, 0.717) is 10.9 Å². The first-order valence-corrected chi connectivity index (χ1v) is 10.7. The molecular formula is C21H25N3O2S. The minimum atomic E-state index is -3.49. The van der Waals surface area contributed by atoms with E-state index in [2.05, 4.69) is 29.1 Å². The Balaban J connectivity index is 1.89. The third kappa shape index (κ3) is 3.13. The molecule has 2 aromatic carbocycles. The summed E-state index contributed by atoms with van der Waals surface area (Å²) in [5, 5.41) is 1.12. The lowest BCUT2D eigenvalue weighted by atomic mass is 9.91. The first-order chi connectivity index (χ1) is 12.9. The topological polar surface area (TPSA) is 56.4 Å². The van der Waals surface area contributed by atoms with Crippen molar-refractivity contribution in [2.45, 2.75) is 30.2 Å². The van der Waals surface area contributed by atoms with Gasteiger partial charge in [0.25, 0.3) is 0 Å². The average molecular weight is 384 g/mol. The standard InChI is InChI=1S/C21H25N3O2S/c1-23(2)27(25,26)17-11-12-21(24(3)16-8-6-9-16)18(14-17)20-13-15-7-4-5-10-19(15)22-20/h4-5,7,10-14,16,22H,6,8-9H2,1-3H3. The summed E-state index contributed by atoms with van der Waals surface area (Å²) in [7, 11) is 1.74. The maximum atomic E-state index is 12.7. The lowest BCUT2D eigenvalue weighted by Crippen LogP contribution is -2.37. The van der Waals surface area contributed by atoms with Crippen LogP contribution in [0.5, 0.6) is 0 Å². The van der Waals surface area contributed by atoms with Crippen LogP contribution < -0.4 is 4.90 Å². The monoisotopic (exact) mass is 383 g/mol. The molecule has 0 spiro atoms. The van der Waals surface area contributed by atoms with Crippen molar-refractivity contribution in [3.63, 3.8) is 0 Å². The molecule has 0 bridgehead atoms. The molecule has 0 aliphatic heterocycles. The number of hydrogen-bond acceptors (Lipinski definition) is 3. The molecule has 3 aromatic rings. The Morgan fingerprint density at radius 1 is 1.00 bits per heavy atom. The third-order valence-corrected chi connectivity index (χ3v) is 7.38. The number of sulfonamides is 1. The third-order valence-electron chi connectivity index (χ3n) is 5.57. The van der Waals surface area contributed by atoms with E-state index in [1.54, 1.807) is 26.2 Å². The van der Waals surface area contributed by atoms with Gasteiger partial charge in [-0.25, -0.2) is 12.7 Å². The smallest absolute Gasteiger partial charge is 0.242 e. The predicted octanol–water partition coefficient (Wildman–Crippen LogP) is 4.07. The molecule has 0 radical (unpaired) electrons. The highest BCUT2D eigenvalue weighted by molar-refractivity contribution is 7.89. The summed E-state index contributed by atoms with van der Waals surface area (Å²) in [5.41, 5.74) is 3.96. The molecule has 142 valence electrons. The molecule has 1 N–H and O–H groups in total. The lowest BCUT2D eigenvalue weighted by molar-refractivity contribution is 0.401. The van der Waals surface area contributed by atoms with Crippen LogP contribution in [0.1, 0.15) is 19.3 Å². The minimum Gasteiger partial charge on any atom is -0.371 e. The van der Waals surface area contributed by atoms with E-state index < -0.39 is 10.0 Å². The molecule has 1 heterocycles. The predicted molar refractivity (Wildman–Crippen MR) is 111 cm³/mol. The van der Waals surface area contributed by atoms with E-state index in [0.717, 1.165) is 27.8 Å². The van der Waals surface area contributed by atoms with E-state index in [4.69, 9.17) is 0 Å². The van der Waals surface area contributed by atoms with Crippen molar-refractivity contribution in [3.8, 4) is 11.3 Å². The Hall–Kier alpha value is -2.31. The van der Waals surface area contributed by atoms with Gasteiger partial charge >= 0.3 is 0 Å². The number of rotatable bonds is 5. The van der Waals surface area contributed by atoms with Gasteiger partial charge in [-0.05, 0) is 49.6 Å². The van der Waals surface area contributed by atoms with E-state index in [-0.39, 0.29) is 0 Å². The maximum absolute atomic E-state index is 12.7. The number of benzene rings is 2. The highest BCUT2D eigenvalue weighted by atomic mass is 32.2. The fourth-order valence-corrected chi connectivity index (χ4v) is 4.53. The Labute approximate surface area is 160 Å². The average Bonchev–Trinajstić information content (AvgIpc) is 3.03. The minimum absolute atomic E-state index is 0.312. The van der Waals surface area contributed by atoms with Crippen LogP contribution in [0.4, 0.5) is 5.69 Å². The van der Waals surface area contributed by atoms with Crippen LogP contribution in [0.25, 0.3) is 22.2 Å². The fraction of sp³-hybridized carbons (Fsp3) is 0.333. The van der Waals surface area contributed by atoms with Gasteiger partial charge in [-0.15, -0.1) is 0 Å². The second-order valence-electron chi connectivity index (χ2n) is 7.43. The number of H-pyrrole nitrogens is 1. The second kappa shape index (κ2) is 6.69. The summed E-state index contributed by atoms with van der Waals surface area (Å²) in [5.74, 6) is 0. The van der Waals surface area contributed by atoms with E-state index in [9.17, 15) is 8.42 Å². The van der Waals surface area contributed by atoms with Crippen molar-refractivity contribution < 1.29 is 8.42 Å². The molecule has 0 saturated heterocycles. The molecule has 1 aliphatic carbocycles. The van der Waals surface area contributed by atoms with Crippen LogP contribution in [0.2, 0.25) is 0 Å². The molecule has 1 fully saturated rings. The van der Waals surface area contributed by atoms with Crippen molar-refractivity contribution in [2.75, 3.05) is 26.0 Å². The molecule has 1 saturated carbocycles. The van der Waals surface area contributed by atoms with Crippen LogP contribution in [-0.2, 0) is 10.0 Å². The molecule has 27 heavy (non-hydrogen) atoms. The van der Waals surface area contributed by atoms with E-state index in [1.807, 2.05) is 24.3 Å². The van der Waals surface area contributed by atoms with Gasteiger partial charge in [0, 0.05) is 55.0 Å². The van der Waals surface area contributed by atoms with Crippen molar-refractivity contribution in [2.24, 2.45) is 0 Å². The van der Waals surface area contributed by atoms with E-state index in [1.165, 1.54) is 23.6 Å². The number of aromatic nitrogens is 1. The summed E-state index contributed by atoms with van der Waals surface area (Å²) in [6.45, 7) is 0. The van der Waals surface area contributed by atoms with Gasteiger partial charge in [0.2, 0.25) is 10.0 Å². The largest absolute Gasteiger partial charge is 0.371 e. The van der Waals surface area contributed by atoms with Gasteiger partial charge in [-0.2, -0.15) is 0 Å². The van der Waals surface area contributed by atoms with Crippen LogP contribution in [0.3, 0.4) is 0 Å². The van der Waals surface area contributed by atoms with Crippen LogP contribution in [-0.4, -0.2) is 44.9 Å². The van der Waals surface area contributed by atoms with Gasteiger partial charge in [-0.1, -0.05) is 18.2 Å². The van der Waals surface area contributed by atoms with Crippen molar-refractivity contribution in [3.05, 3.63) is 48.5 Å². The molecule has 0 unspecified atom stereocenters. The van der Waals surface area contributed by atoms with Crippen LogP contribution in [0, 0.1) is 0 Å². The zero-order valence-electron chi connectivity index (χ0n) is 15.9. The summed E-state index contributed by atoms with van der Waals surface area (Å²) < 4.78 is 26.6. The van der Waals surface area contributed by atoms with Gasteiger partial charge < -0.3 is 9.88 Å². The molecule has 4 rings (SSSR count). The lowest BCUT2D eigenvalue weighted by Gasteiger charge is -2.37. The van der Waals surface area contributed by atoms with Gasteiger partial charge in [0.05, 0.1) is 4.90 Å². The van der Waals surface area contributed by atoms with Gasteiger partial charge in [0.1, 0.15) is 0 Å². The normalized spacial score (nSPS) is 15.3. The Morgan fingerprint density at radius 2 is 1.74 bits per heavy atom. The number of para-hydroxylation sites is 1. The summed E-state index contributed by atoms with van der Waals surface area (Å²) in [6, 6.07) is 16.2. The van der Waals surface area contributed by atoms with Crippen molar-refractivity contribution >= 4 is 26.6 Å². The maximum Gasteiger partial charge on any atom is 0.242 e. The Morgan fingerprint density at radius 3 is 2.37 bits per heavy atom. The van der Waals surface area contributed by atoms with Crippen LogP contribution in [0.15, 0.2) is 53.4 Å². The number of aromatic amines is 1. The van der Waals surface area contributed by atoms with Crippen molar-refractivity contribution in [1.82, 2.24) is 9.29 Å².